The zero-order valence-electron chi connectivity index (χ0n) is 14.6. The van der Waals surface area contributed by atoms with E-state index in [4.69, 9.17) is 5.11 Å². The van der Waals surface area contributed by atoms with E-state index < -0.39 is 22.7 Å². The largest absolute Gasteiger partial charge is 0.481 e. The summed E-state index contributed by atoms with van der Waals surface area (Å²) in [5.41, 5.74) is 0.545. The molecule has 0 aliphatic rings. The van der Waals surface area contributed by atoms with Crippen molar-refractivity contribution >= 4 is 29.5 Å². The van der Waals surface area contributed by atoms with Crippen molar-refractivity contribution in [3.05, 3.63) is 81.5 Å². The molecule has 9 heteroatoms. The molecule has 0 atom stereocenters. The smallest absolute Gasteiger partial charge is 0.305 e. The van der Waals surface area contributed by atoms with Crippen LogP contribution >= 0.6 is 0 Å². The van der Waals surface area contributed by atoms with Gasteiger partial charge in [0.2, 0.25) is 0 Å². The van der Waals surface area contributed by atoms with Crippen LogP contribution in [0.3, 0.4) is 0 Å². The highest BCUT2D eigenvalue weighted by Gasteiger charge is 2.15. The van der Waals surface area contributed by atoms with Gasteiger partial charge in [0, 0.05) is 24.2 Å². The summed E-state index contributed by atoms with van der Waals surface area (Å²) in [6, 6.07) is 13.6. The number of nitro benzene ring substituents is 1. The van der Waals surface area contributed by atoms with Gasteiger partial charge in [0.25, 0.3) is 17.5 Å². The number of non-ortho nitro benzene ring substituents is 1. The molecular weight excluding hydrogens is 366 g/mol. The monoisotopic (exact) mass is 383 g/mol. The van der Waals surface area contributed by atoms with Gasteiger partial charge in [-0.15, -0.1) is 0 Å². The number of rotatable bonds is 8. The summed E-state index contributed by atoms with van der Waals surface area (Å²) in [4.78, 5) is 45.5. The van der Waals surface area contributed by atoms with Crippen LogP contribution in [0.2, 0.25) is 0 Å². The van der Waals surface area contributed by atoms with E-state index in [-0.39, 0.29) is 24.4 Å². The molecule has 0 fully saturated rings. The SMILES string of the molecule is O=C(O)CCNC(=O)C(=Cc1ccc([N+](=O)[O-])cc1)NC(=O)c1ccccc1. The number of hydrogen-bond donors (Lipinski definition) is 3. The molecular formula is C19H17N3O6. The molecule has 2 amide bonds. The summed E-state index contributed by atoms with van der Waals surface area (Å²) in [6.45, 7) is -0.118. The van der Waals surface area contributed by atoms with Crippen molar-refractivity contribution in [3.63, 3.8) is 0 Å². The molecule has 2 aromatic carbocycles. The van der Waals surface area contributed by atoms with Crippen molar-refractivity contribution in [1.82, 2.24) is 10.6 Å². The maximum Gasteiger partial charge on any atom is 0.305 e. The summed E-state index contributed by atoms with van der Waals surface area (Å²) in [5, 5.41) is 24.3. The minimum Gasteiger partial charge on any atom is -0.481 e. The van der Waals surface area contributed by atoms with E-state index in [2.05, 4.69) is 10.6 Å². The fourth-order valence-electron chi connectivity index (χ4n) is 2.18. The first-order valence-electron chi connectivity index (χ1n) is 8.19. The average Bonchev–Trinajstić information content (AvgIpc) is 2.68. The van der Waals surface area contributed by atoms with Crippen molar-refractivity contribution in [2.45, 2.75) is 6.42 Å². The Morgan fingerprint density at radius 1 is 1.04 bits per heavy atom. The van der Waals surface area contributed by atoms with Crippen molar-refractivity contribution in [2.75, 3.05) is 6.54 Å². The fourth-order valence-corrected chi connectivity index (χ4v) is 2.18. The maximum absolute atomic E-state index is 12.4. The molecule has 0 saturated carbocycles. The molecule has 144 valence electrons. The van der Waals surface area contributed by atoms with Gasteiger partial charge in [-0.25, -0.2) is 0 Å². The highest BCUT2D eigenvalue weighted by molar-refractivity contribution is 6.05. The number of nitrogens with zero attached hydrogens (tertiary/aromatic N) is 1. The number of amides is 2. The highest BCUT2D eigenvalue weighted by Crippen LogP contribution is 2.14. The van der Waals surface area contributed by atoms with Crippen LogP contribution < -0.4 is 10.6 Å². The fraction of sp³-hybridized carbons (Fsp3) is 0.105. The van der Waals surface area contributed by atoms with Crippen molar-refractivity contribution in [2.24, 2.45) is 0 Å². The second kappa shape index (κ2) is 9.62. The number of carboxylic acid groups (broad SMARTS) is 1. The lowest BCUT2D eigenvalue weighted by molar-refractivity contribution is -0.384. The van der Waals surface area contributed by atoms with E-state index in [0.717, 1.165) is 0 Å². The lowest BCUT2D eigenvalue weighted by atomic mass is 10.1. The van der Waals surface area contributed by atoms with Crippen LogP contribution in [0.1, 0.15) is 22.3 Å². The zero-order chi connectivity index (χ0) is 20.5. The third-order valence-corrected chi connectivity index (χ3v) is 3.57. The molecule has 0 aromatic heterocycles. The molecule has 2 rings (SSSR count). The van der Waals surface area contributed by atoms with Crippen LogP contribution in [0.25, 0.3) is 6.08 Å². The summed E-state index contributed by atoms with van der Waals surface area (Å²) in [5.74, 6) is -2.28. The van der Waals surface area contributed by atoms with Crippen molar-refractivity contribution in [1.29, 1.82) is 0 Å². The number of carbonyl (C=O) groups excluding carboxylic acids is 2. The number of carbonyl (C=O) groups is 3. The molecule has 0 heterocycles. The standard InChI is InChI=1S/C19H17N3O6/c23-17(24)10-11-20-19(26)16(21-18(25)14-4-2-1-3-5-14)12-13-6-8-15(9-7-13)22(27)28/h1-9,12H,10-11H2,(H,20,26)(H,21,25)(H,23,24). The predicted octanol–water partition coefficient (Wildman–Crippen LogP) is 1.96. The zero-order valence-corrected chi connectivity index (χ0v) is 14.6. The van der Waals surface area contributed by atoms with E-state index in [1.54, 1.807) is 30.3 Å². The van der Waals surface area contributed by atoms with Gasteiger partial charge in [-0.2, -0.15) is 0 Å². The Bertz CT molecular complexity index is 907. The molecule has 0 radical (unpaired) electrons. The van der Waals surface area contributed by atoms with E-state index in [1.165, 1.54) is 30.3 Å². The van der Waals surface area contributed by atoms with Crippen LogP contribution in [0.4, 0.5) is 5.69 Å². The Labute approximate surface area is 159 Å². The second-order valence-corrected chi connectivity index (χ2v) is 5.63. The van der Waals surface area contributed by atoms with Gasteiger partial charge in [0.1, 0.15) is 5.70 Å². The van der Waals surface area contributed by atoms with E-state index in [1.807, 2.05) is 0 Å². The first kappa shape index (κ1) is 20.3. The molecule has 9 nitrogen and oxygen atoms in total. The summed E-state index contributed by atoms with van der Waals surface area (Å²) in [7, 11) is 0. The minimum atomic E-state index is -1.07. The number of benzene rings is 2. The van der Waals surface area contributed by atoms with E-state index in [0.29, 0.717) is 11.1 Å². The summed E-state index contributed by atoms with van der Waals surface area (Å²) in [6.07, 6.45) is 1.07. The molecule has 0 spiro atoms. The predicted molar refractivity (Wildman–Crippen MR) is 100 cm³/mol. The maximum atomic E-state index is 12.4. The molecule has 3 N–H and O–H groups in total. The van der Waals surface area contributed by atoms with Crippen molar-refractivity contribution in [3.8, 4) is 0 Å². The quantitative estimate of drug-likeness (QED) is 0.362. The Kier molecular flexibility index (Phi) is 6.98. The number of hydrogen-bond acceptors (Lipinski definition) is 5. The van der Waals surface area contributed by atoms with Crippen LogP contribution in [0.5, 0.6) is 0 Å². The second-order valence-electron chi connectivity index (χ2n) is 5.63. The van der Waals surface area contributed by atoms with Gasteiger partial charge in [0.05, 0.1) is 11.3 Å². The van der Waals surface area contributed by atoms with Crippen LogP contribution in [-0.2, 0) is 9.59 Å². The first-order chi connectivity index (χ1) is 13.4. The van der Waals surface area contributed by atoms with Gasteiger partial charge in [-0.1, -0.05) is 18.2 Å². The Morgan fingerprint density at radius 3 is 2.25 bits per heavy atom. The third kappa shape index (κ3) is 6.06. The lowest BCUT2D eigenvalue weighted by Crippen LogP contribution is -2.35. The Hall–Kier alpha value is -4.01. The third-order valence-electron chi connectivity index (χ3n) is 3.57. The lowest BCUT2D eigenvalue weighted by Gasteiger charge is -2.11. The van der Waals surface area contributed by atoms with Gasteiger partial charge in [-0.3, -0.25) is 24.5 Å². The first-order valence-corrected chi connectivity index (χ1v) is 8.19. The highest BCUT2D eigenvalue weighted by atomic mass is 16.6. The topological polar surface area (TPSA) is 139 Å². The van der Waals surface area contributed by atoms with Gasteiger partial charge in [-0.05, 0) is 35.9 Å². The Balaban J connectivity index is 2.23. The van der Waals surface area contributed by atoms with Crippen LogP contribution in [0.15, 0.2) is 60.3 Å². The van der Waals surface area contributed by atoms with Gasteiger partial charge in [0.15, 0.2) is 0 Å². The average molecular weight is 383 g/mol. The molecule has 0 aliphatic carbocycles. The molecule has 2 aromatic rings. The van der Waals surface area contributed by atoms with Gasteiger partial charge < -0.3 is 15.7 Å². The number of nitrogens with one attached hydrogen (secondary N) is 2. The van der Waals surface area contributed by atoms with E-state index in [9.17, 15) is 24.5 Å². The number of nitro groups is 1. The minimum absolute atomic E-state index is 0.113. The molecule has 0 unspecified atom stereocenters. The van der Waals surface area contributed by atoms with Gasteiger partial charge >= 0.3 is 5.97 Å². The molecule has 0 bridgehead atoms. The number of carboxylic acids is 1. The molecule has 28 heavy (non-hydrogen) atoms. The summed E-state index contributed by atoms with van der Waals surface area (Å²) < 4.78 is 0. The molecule has 0 aliphatic heterocycles. The Morgan fingerprint density at radius 2 is 1.68 bits per heavy atom. The number of aliphatic carboxylic acids is 1. The van der Waals surface area contributed by atoms with Crippen LogP contribution in [0, 0.1) is 10.1 Å². The molecule has 0 saturated heterocycles. The van der Waals surface area contributed by atoms with Crippen molar-refractivity contribution < 1.29 is 24.4 Å². The normalized spacial score (nSPS) is 10.8. The van der Waals surface area contributed by atoms with Crippen LogP contribution in [-0.4, -0.2) is 34.4 Å². The van der Waals surface area contributed by atoms with E-state index >= 15 is 0 Å². The summed E-state index contributed by atoms with van der Waals surface area (Å²) >= 11 is 0.